The summed E-state index contributed by atoms with van der Waals surface area (Å²) in [5, 5.41) is 0. The highest BCUT2D eigenvalue weighted by atomic mass is 15.1. The fourth-order valence-electron chi connectivity index (χ4n) is 7.13. The Morgan fingerprint density at radius 3 is 1.98 bits per heavy atom. The van der Waals surface area contributed by atoms with Gasteiger partial charge in [0.05, 0.1) is 5.56 Å². The summed E-state index contributed by atoms with van der Waals surface area (Å²) < 4.78 is 4.77. The first kappa shape index (κ1) is 30.1. The van der Waals surface area contributed by atoms with Crippen LogP contribution in [0.4, 0.5) is 0 Å². The Balaban J connectivity index is 0.000000197. The summed E-state index contributed by atoms with van der Waals surface area (Å²) in [6.07, 6.45) is 15.4. The van der Waals surface area contributed by atoms with E-state index in [0.29, 0.717) is 6.04 Å². The molecule has 0 bridgehead atoms. The largest absolute Gasteiger partial charge is 0.240 e. The van der Waals surface area contributed by atoms with Crippen LogP contribution in [0.1, 0.15) is 47.8 Å². The van der Waals surface area contributed by atoms with Gasteiger partial charge in [-0.05, 0) is 35.8 Å². The molecule has 228 valence electrons. The zero-order valence-corrected chi connectivity index (χ0v) is 27.3. The average molecular weight is 609 g/mol. The van der Waals surface area contributed by atoms with Crippen molar-refractivity contribution in [2.45, 2.75) is 32.4 Å². The molecule has 47 heavy (non-hydrogen) atoms. The van der Waals surface area contributed by atoms with Crippen LogP contribution in [-0.2, 0) is 5.54 Å². The third kappa shape index (κ3) is 5.47. The van der Waals surface area contributed by atoms with Crippen molar-refractivity contribution in [3.63, 3.8) is 0 Å². The van der Waals surface area contributed by atoms with E-state index in [1.807, 2.05) is 6.92 Å². The van der Waals surface area contributed by atoms with E-state index in [9.17, 15) is 0 Å². The Morgan fingerprint density at radius 2 is 1.26 bits per heavy atom. The lowest BCUT2D eigenvalue weighted by molar-refractivity contribution is -0.716. The predicted molar refractivity (Wildman–Crippen MR) is 194 cm³/mol. The molecule has 0 saturated carbocycles. The van der Waals surface area contributed by atoms with Crippen LogP contribution in [0.2, 0.25) is 0 Å². The van der Waals surface area contributed by atoms with E-state index in [4.69, 9.17) is 0 Å². The molecule has 2 nitrogen and oxygen atoms in total. The highest BCUT2D eigenvalue weighted by Crippen LogP contribution is 2.50. The molecule has 1 aliphatic heterocycles. The summed E-state index contributed by atoms with van der Waals surface area (Å²) in [5.74, 6) is 0. The highest BCUT2D eigenvalue weighted by molar-refractivity contribution is 5.86. The van der Waals surface area contributed by atoms with Crippen LogP contribution in [0.5, 0.6) is 0 Å². The number of allylic oxidation sites excluding steroid dienone is 6. The number of pyridine rings is 2. The maximum Gasteiger partial charge on any atom is 0.240 e. The highest BCUT2D eigenvalue weighted by Gasteiger charge is 2.54. The molecule has 8 rings (SSSR count). The van der Waals surface area contributed by atoms with Gasteiger partial charge in [-0.15, -0.1) is 0 Å². The lowest BCUT2D eigenvalue weighted by atomic mass is 9.84. The minimum Gasteiger partial charge on any atom is -0.196 e. The van der Waals surface area contributed by atoms with E-state index in [0.717, 1.165) is 0 Å². The molecule has 0 saturated heterocycles. The van der Waals surface area contributed by atoms with Crippen LogP contribution >= 0.6 is 0 Å². The third-order valence-electron chi connectivity index (χ3n) is 9.44. The molecular formula is C45H40N2+2. The molecule has 0 fully saturated rings. The lowest BCUT2D eigenvalue weighted by Crippen LogP contribution is -2.53. The van der Waals surface area contributed by atoms with Gasteiger partial charge in [-0.25, -0.2) is 0 Å². The second-order valence-corrected chi connectivity index (χ2v) is 12.2. The standard InChI is InChI=1S/C31H24N.C14H16N/c1-2-3-5-14-24-21-31(28-17-10-8-15-26(24)28)29-18-11-9-16-27(29)30-20-19-25(22-32(30)31)23-12-6-4-7-13-23;1-12-8-6-7-11-15(12)13(2)14-9-4-3-5-10-14/h2-22H,1H3;3-11,13H,1-2H3/q2*+1/b3-2-,14-5-;. The van der Waals surface area contributed by atoms with Gasteiger partial charge >= 0.3 is 0 Å². The zero-order chi connectivity index (χ0) is 32.2. The van der Waals surface area contributed by atoms with Crippen LogP contribution in [0.3, 0.4) is 0 Å². The number of rotatable bonds is 5. The lowest BCUT2D eigenvalue weighted by Gasteiger charge is -2.21. The Bertz CT molecular complexity index is 2120. The molecule has 6 aromatic rings. The van der Waals surface area contributed by atoms with Gasteiger partial charge in [0.25, 0.3) is 0 Å². The monoisotopic (exact) mass is 608 g/mol. The minimum absolute atomic E-state index is 0.344. The number of aromatic nitrogens is 2. The number of benzene rings is 4. The van der Waals surface area contributed by atoms with Crippen molar-refractivity contribution in [2.75, 3.05) is 0 Å². The summed E-state index contributed by atoms with van der Waals surface area (Å²) in [5.41, 5.74) is 12.5. The van der Waals surface area contributed by atoms with Gasteiger partial charge in [-0.2, -0.15) is 9.13 Å². The summed E-state index contributed by atoms with van der Waals surface area (Å²) in [7, 11) is 0. The quantitative estimate of drug-likeness (QED) is 0.136. The van der Waals surface area contributed by atoms with E-state index < -0.39 is 0 Å². The van der Waals surface area contributed by atoms with Crippen molar-refractivity contribution in [2.24, 2.45) is 0 Å². The zero-order valence-electron chi connectivity index (χ0n) is 27.3. The second kappa shape index (κ2) is 13.0. The van der Waals surface area contributed by atoms with Gasteiger partial charge in [0.1, 0.15) is 0 Å². The molecule has 2 heteroatoms. The van der Waals surface area contributed by atoms with Crippen molar-refractivity contribution >= 4 is 5.57 Å². The van der Waals surface area contributed by atoms with E-state index in [1.165, 1.54) is 55.9 Å². The first-order valence-electron chi connectivity index (χ1n) is 16.5. The van der Waals surface area contributed by atoms with E-state index >= 15 is 0 Å². The minimum atomic E-state index is -0.344. The van der Waals surface area contributed by atoms with E-state index in [1.54, 1.807) is 0 Å². The van der Waals surface area contributed by atoms with Crippen LogP contribution < -0.4 is 9.13 Å². The summed E-state index contributed by atoms with van der Waals surface area (Å²) in [6, 6.07) is 50.1. The van der Waals surface area contributed by atoms with Crippen molar-refractivity contribution in [1.82, 2.24) is 0 Å². The average Bonchev–Trinajstić information content (AvgIpc) is 3.61. The fourth-order valence-corrected chi connectivity index (χ4v) is 7.13. The van der Waals surface area contributed by atoms with Crippen molar-refractivity contribution in [1.29, 1.82) is 0 Å². The van der Waals surface area contributed by atoms with Crippen molar-refractivity contribution in [3.8, 4) is 22.4 Å². The van der Waals surface area contributed by atoms with Gasteiger partial charge in [-0.1, -0.05) is 133 Å². The van der Waals surface area contributed by atoms with Gasteiger partial charge in [0.15, 0.2) is 24.1 Å². The molecule has 2 aliphatic rings. The number of hydrogen-bond acceptors (Lipinski definition) is 0. The fraction of sp³-hybridized carbons (Fsp3) is 0.111. The van der Waals surface area contributed by atoms with Gasteiger partial charge in [-0.3, -0.25) is 0 Å². The van der Waals surface area contributed by atoms with Crippen LogP contribution in [0.15, 0.2) is 182 Å². The van der Waals surface area contributed by atoms with E-state index in [-0.39, 0.29) is 5.54 Å². The molecule has 0 N–H and O–H groups in total. The molecular weight excluding hydrogens is 569 g/mol. The molecule has 0 radical (unpaired) electrons. The topological polar surface area (TPSA) is 7.76 Å². The number of hydrogen-bond donors (Lipinski definition) is 0. The normalized spacial score (nSPS) is 16.4. The summed E-state index contributed by atoms with van der Waals surface area (Å²) in [6.45, 7) is 6.41. The Morgan fingerprint density at radius 1 is 0.617 bits per heavy atom. The van der Waals surface area contributed by atoms with Crippen molar-refractivity contribution < 1.29 is 9.13 Å². The van der Waals surface area contributed by atoms with Crippen molar-refractivity contribution in [3.05, 3.63) is 210 Å². The smallest absolute Gasteiger partial charge is 0.196 e. The number of fused-ring (bicyclic) bond motifs is 7. The third-order valence-corrected chi connectivity index (χ3v) is 9.44. The van der Waals surface area contributed by atoms with Gasteiger partial charge in [0, 0.05) is 60.4 Å². The molecule has 0 amide bonds. The summed E-state index contributed by atoms with van der Waals surface area (Å²) in [4.78, 5) is 0. The Kier molecular flexibility index (Phi) is 8.33. The number of nitrogens with zero attached hydrogens (tertiary/aromatic N) is 2. The Labute approximate surface area is 279 Å². The molecule has 2 atom stereocenters. The van der Waals surface area contributed by atoms with Crippen LogP contribution in [-0.4, -0.2) is 0 Å². The maximum atomic E-state index is 2.48. The van der Waals surface area contributed by atoms with Crippen LogP contribution in [0.25, 0.3) is 28.0 Å². The molecule has 1 aliphatic carbocycles. The first-order chi connectivity index (χ1) is 23.1. The predicted octanol–water partition coefficient (Wildman–Crippen LogP) is 9.83. The van der Waals surface area contributed by atoms with Gasteiger partial charge < -0.3 is 0 Å². The molecule has 4 aromatic carbocycles. The molecule has 2 unspecified atom stereocenters. The maximum absolute atomic E-state index is 2.48. The van der Waals surface area contributed by atoms with Gasteiger partial charge in [0.2, 0.25) is 11.2 Å². The summed E-state index contributed by atoms with van der Waals surface area (Å²) >= 11 is 0. The Hall–Kier alpha value is -5.60. The molecule has 3 heterocycles. The van der Waals surface area contributed by atoms with Crippen LogP contribution in [0, 0.1) is 6.92 Å². The molecule has 2 aromatic heterocycles. The first-order valence-corrected chi connectivity index (χ1v) is 16.5. The van der Waals surface area contributed by atoms with E-state index in [2.05, 4.69) is 205 Å². The molecule has 1 spiro atoms. The number of aryl methyl sites for hydroxylation is 1. The second-order valence-electron chi connectivity index (χ2n) is 12.2. The SMILES string of the molecule is C/C=C\C=C/C1=CC2(c3ccccc31)c1ccccc1-c1ccc(-c3ccccc3)c[n+]12.Cc1cccc[n+]1C(C)c1ccccc1.